The van der Waals surface area contributed by atoms with Crippen molar-refractivity contribution in [3.05, 3.63) is 0 Å². The molecule has 5 nitrogen and oxygen atoms in total. The van der Waals surface area contributed by atoms with E-state index in [1.165, 1.54) is 0 Å². The first-order chi connectivity index (χ1) is 3.56. The van der Waals surface area contributed by atoms with Crippen molar-refractivity contribution in [3.63, 3.8) is 0 Å². The zero-order valence-corrected chi connectivity index (χ0v) is 4.91. The largest absolute Gasteiger partial charge is 0.328 e. The fourth-order valence-corrected chi connectivity index (χ4v) is 0.479. The summed E-state index contributed by atoms with van der Waals surface area (Å²) in [5, 5.41) is 7.59. The van der Waals surface area contributed by atoms with E-state index in [0.29, 0.717) is 0 Å². The SMILES string of the molecule is O=P(O)(O)CCOO. The summed E-state index contributed by atoms with van der Waals surface area (Å²) in [4.78, 5) is 19.6. The van der Waals surface area contributed by atoms with Crippen LogP contribution in [0.2, 0.25) is 0 Å². The number of hydrogen-bond acceptors (Lipinski definition) is 3. The summed E-state index contributed by atoms with van der Waals surface area (Å²) in [5.41, 5.74) is 0. The van der Waals surface area contributed by atoms with E-state index in [0.717, 1.165) is 0 Å². The summed E-state index contributed by atoms with van der Waals surface area (Å²) in [7, 11) is -3.97. The molecule has 0 aliphatic heterocycles. The van der Waals surface area contributed by atoms with Crippen LogP contribution >= 0.6 is 7.60 Å². The summed E-state index contributed by atoms with van der Waals surface area (Å²) in [6, 6.07) is 0. The van der Waals surface area contributed by atoms with Crippen LogP contribution in [0.4, 0.5) is 0 Å². The van der Waals surface area contributed by atoms with E-state index in [9.17, 15) is 4.57 Å². The van der Waals surface area contributed by atoms with Gasteiger partial charge < -0.3 is 9.79 Å². The lowest BCUT2D eigenvalue weighted by Crippen LogP contribution is -1.96. The Labute approximate surface area is 46.0 Å². The first-order valence-corrected chi connectivity index (χ1v) is 3.67. The van der Waals surface area contributed by atoms with Gasteiger partial charge in [-0.15, -0.1) is 0 Å². The maximum absolute atomic E-state index is 9.89. The minimum absolute atomic E-state index is 0.329. The molecule has 50 valence electrons. The highest BCUT2D eigenvalue weighted by atomic mass is 31.2. The van der Waals surface area contributed by atoms with Gasteiger partial charge in [0.25, 0.3) is 0 Å². The molecule has 8 heavy (non-hydrogen) atoms. The van der Waals surface area contributed by atoms with Crippen LogP contribution < -0.4 is 0 Å². The molecule has 0 heterocycles. The van der Waals surface area contributed by atoms with Crippen LogP contribution in [0, 0.1) is 0 Å². The van der Waals surface area contributed by atoms with Crippen LogP contribution in [0.3, 0.4) is 0 Å². The number of hydrogen-bond donors (Lipinski definition) is 3. The predicted molar refractivity (Wildman–Crippen MR) is 25.5 cm³/mol. The summed E-state index contributed by atoms with van der Waals surface area (Å²) in [6.45, 7) is -0.329. The predicted octanol–water partition coefficient (Wildman–Crippen LogP) is -0.346. The van der Waals surface area contributed by atoms with Crippen molar-refractivity contribution in [3.8, 4) is 0 Å². The average molecular weight is 142 g/mol. The van der Waals surface area contributed by atoms with Crippen LogP contribution in [0.1, 0.15) is 0 Å². The van der Waals surface area contributed by atoms with Crippen molar-refractivity contribution in [2.45, 2.75) is 0 Å². The van der Waals surface area contributed by atoms with Gasteiger partial charge in [-0.1, -0.05) is 0 Å². The van der Waals surface area contributed by atoms with Gasteiger partial charge in [0.15, 0.2) is 0 Å². The molecule has 0 amide bonds. The van der Waals surface area contributed by atoms with Crippen molar-refractivity contribution in [2.24, 2.45) is 0 Å². The van der Waals surface area contributed by atoms with E-state index >= 15 is 0 Å². The summed E-state index contributed by atoms with van der Waals surface area (Å²) in [6.07, 6.45) is -0.441. The van der Waals surface area contributed by atoms with E-state index < -0.39 is 13.8 Å². The molecule has 0 saturated carbocycles. The van der Waals surface area contributed by atoms with E-state index in [4.69, 9.17) is 15.0 Å². The Morgan fingerprint density at radius 3 is 2.12 bits per heavy atom. The Kier molecular flexibility index (Phi) is 3.19. The monoisotopic (exact) mass is 142 g/mol. The normalized spacial score (nSPS) is 11.9. The van der Waals surface area contributed by atoms with Gasteiger partial charge in [-0.25, -0.2) is 4.89 Å². The van der Waals surface area contributed by atoms with E-state index in [1.807, 2.05) is 0 Å². The molecule has 0 aliphatic rings. The molecule has 0 rings (SSSR count). The Bertz CT molecular complexity index is 94.6. The second-order valence-corrected chi connectivity index (χ2v) is 3.00. The Balaban J connectivity index is 3.26. The standard InChI is InChI=1S/C2H7O5P/c3-7-1-2-8(4,5)6/h3H,1-2H2,(H2,4,5,6). The van der Waals surface area contributed by atoms with Crippen LogP contribution in [0.25, 0.3) is 0 Å². The molecule has 0 aliphatic carbocycles. The Hall–Kier alpha value is 0.0700. The molecule has 0 spiro atoms. The highest BCUT2D eigenvalue weighted by Gasteiger charge is 2.11. The maximum Gasteiger partial charge on any atom is 0.328 e. The summed E-state index contributed by atoms with van der Waals surface area (Å²) >= 11 is 0. The zero-order chi connectivity index (χ0) is 6.62. The zero-order valence-electron chi connectivity index (χ0n) is 4.02. The van der Waals surface area contributed by atoms with Gasteiger partial charge in [-0.05, 0) is 0 Å². The molecule has 0 unspecified atom stereocenters. The van der Waals surface area contributed by atoms with Gasteiger partial charge in [0, 0.05) is 0 Å². The molecule has 0 aromatic heterocycles. The second-order valence-electron chi connectivity index (χ2n) is 1.22. The van der Waals surface area contributed by atoms with Crippen molar-refractivity contribution in [1.82, 2.24) is 0 Å². The molecule has 3 N–H and O–H groups in total. The van der Waals surface area contributed by atoms with E-state index in [-0.39, 0.29) is 6.61 Å². The highest BCUT2D eigenvalue weighted by Crippen LogP contribution is 2.33. The molecular weight excluding hydrogens is 135 g/mol. The minimum Gasteiger partial charge on any atom is -0.324 e. The lowest BCUT2D eigenvalue weighted by Gasteiger charge is -1.98. The summed E-state index contributed by atoms with van der Waals surface area (Å²) in [5.74, 6) is 0. The molecule has 6 heteroatoms. The molecule has 0 fully saturated rings. The average Bonchev–Trinajstić information content (AvgIpc) is 1.59. The third kappa shape index (κ3) is 6.07. The van der Waals surface area contributed by atoms with Crippen molar-refractivity contribution in [1.29, 1.82) is 0 Å². The summed E-state index contributed by atoms with van der Waals surface area (Å²) < 4.78 is 9.89. The Morgan fingerprint density at radius 2 is 2.00 bits per heavy atom. The van der Waals surface area contributed by atoms with Gasteiger partial charge in [0.2, 0.25) is 0 Å². The number of rotatable bonds is 3. The van der Waals surface area contributed by atoms with Crippen LogP contribution in [-0.2, 0) is 9.45 Å². The molecule has 0 aromatic carbocycles. The maximum atomic E-state index is 9.89. The molecule has 0 bridgehead atoms. The molecular formula is C2H7O5P. The minimum atomic E-state index is -3.97. The first kappa shape index (κ1) is 8.07. The van der Waals surface area contributed by atoms with Gasteiger partial charge in [0.1, 0.15) is 0 Å². The van der Waals surface area contributed by atoms with Crippen LogP contribution in [0.15, 0.2) is 0 Å². The van der Waals surface area contributed by atoms with Crippen molar-refractivity contribution in [2.75, 3.05) is 12.8 Å². The van der Waals surface area contributed by atoms with Crippen LogP contribution in [-0.4, -0.2) is 27.8 Å². The molecule has 0 saturated heterocycles. The van der Waals surface area contributed by atoms with E-state index in [1.54, 1.807) is 0 Å². The quantitative estimate of drug-likeness (QED) is 0.285. The van der Waals surface area contributed by atoms with Crippen LogP contribution in [0.5, 0.6) is 0 Å². The molecule has 0 aromatic rings. The molecule has 0 atom stereocenters. The molecule has 0 radical (unpaired) electrons. The topological polar surface area (TPSA) is 87.0 Å². The fourth-order valence-electron chi connectivity index (χ4n) is 0.160. The highest BCUT2D eigenvalue weighted by molar-refractivity contribution is 7.51. The van der Waals surface area contributed by atoms with Crippen molar-refractivity contribution < 1.29 is 24.5 Å². The van der Waals surface area contributed by atoms with Gasteiger partial charge in [-0.3, -0.25) is 9.82 Å². The lowest BCUT2D eigenvalue weighted by molar-refractivity contribution is -0.237. The third-order valence-electron chi connectivity index (χ3n) is 0.474. The van der Waals surface area contributed by atoms with Gasteiger partial charge in [0.05, 0.1) is 12.8 Å². The fraction of sp³-hybridized carbons (Fsp3) is 1.00. The van der Waals surface area contributed by atoms with Crippen molar-refractivity contribution >= 4 is 7.60 Å². The van der Waals surface area contributed by atoms with E-state index in [2.05, 4.69) is 4.89 Å². The Morgan fingerprint density at radius 1 is 1.50 bits per heavy atom. The van der Waals surface area contributed by atoms with Gasteiger partial charge in [-0.2, -0.15) is 0 Å². The first-order valence-electron chi connectivity index (χ1n) is 1.87. The third-order valence-corrected chi connectivity index (χ3v) is 1.24. The smallest absolute Gasteiger partial charge is 0.324 e. The van der Waals surface area contributed by atoms with Gasteiger partial charge >= 0.3 is 7.60 Å². The lowest BCUT2D eigenvalue weighted by atomic mass is 10.9. The second kappa shape index (κ2) is 3.17.